The molecule has 2 unspecified atom stereocenters. The molecule has 0 saturated carbocycles. The first kappa shape index (κ1) is 36.8. The summed E-state index contributed by atoms with van der Waals surface area (Å²) in [5.41, 5.74) is -0.211. The number of phenolic OH excluding ortho intramolecular Hbond substituents is 1. The Morgan fingerprint density at radius 1 is 0.943 bits per heavy atom. The summed E-state index contributed by atoms with van der Waals surface area (Å²) in [5, 5.41) is 48.7. The molecule has 1 aromatic heterocycles. The van der Waals surface area contributed by atoms with Crippen molar-refractivity contribution in [3.63, 3.8) is 0 Å². The standard InChI is InChI=1S/C40H40N4O9/c45-33-17-15-31(32-16-18-35(47)43-37(32)33)34(46)22-41-21-25-11-13-26(14-12-25)38(49)42-29-9-5-19-44(23-29)36(48)24-53-30-10-4-8-28(20-30)40(52,39(50)51)27-6-2-1-3-7-27/h1-4,6-8,10-18,20,29,34,41,45-46,52H,5,9,19,21-24H2,(H,42,49)(H,43,47)(H,50,51)/t29-,34?,40?/m0/s1. The summed E-state index contributed by atoms with van der Waals surface area (Å²) < 4.78 is 5.74. The van der Waals surface area contributed by atoms with E-state index in [0.29, 0.717) is 49.0 Å². The van der Waals surface area contributed by atoms with Gasteiger partial charge in [-0.05, 0) is 65.9 Å². The number of aromatic amines is 1. The minimum Gasteiger partial charge on any atom is -0.506 e. The highest BCUT2D eigenvalue weighted by molar-refractivity contribution is 5.94. The largest absolute Gasteiger partial charge is 0.506 e. The number of hydrogen-bond donors (Lipinski definition) is 7. The molecule has 13 heteroatoms. The number of amides is 2. The van der Waals surface area contributed by atoms with Crippen molar-refractivity contribution in [2.45, 2.75) is 37.1 Å². The summed E-state index contributed by atoms with van der Waals surface area (Å²) in [6.07, 6.45) is 0.477. The lowest BCUT2D eigenvalue weighted by molar-refractivity contribution is -0.155. The molecule has 6 rings (SSSR count). The van der Waals surface area contributed by atoms with Crippen LogP contribution >= 0.6 is 0 Å². The number of carbonyl (C=O) groups excluding carboxylic acids is 2. The van der Waals surface area contributed by atoms with Crippen molar-refractivity contribution in [2.75, 3.05) is 26.2 Å². The predicted octanol–water partition coefficient (Wildman–Crippen LogP) is 3.18. The summed E-state index contributed by atoms with van der Waals surface area (Å²) in [5.74, 6) is -1.85. The number of nitrogens with one attached hydrogen (secondary N) is 3. The number of phenols is 1. The van der Waals surface area contributed by atoms with Gasteiger partial charge in [-0.1, -0.05) is 60.7 Å². The van der Waals surface area contributed by atoms with E-state index in [1.807, 2.05) is 12.1 Å². The van der Waals surface area contributed by atoms with Crippen LogP contribution < -0.4 is 20.9 Å². The zero-order chi connectivity index (χ0) is 37.5. The Kier molecular flexibility index (Phi) is 11.2. The van der Waals surface area contributed by atoms with Gasteiger partial charge in [0.05, 0.1) is 11.6 Å². The van der Waals surface area contributed by atoms with Gasteiger partial charge in [0.15, 0.2) is 6.61 Å². The van der Waals surface area contributed by atoms with E-state index in [1.54, 1.807) is 59.5 Å². The number of nitrogens with zero attached hydrogens (tertiary/aromatic N) is 1. The summed E-state index contributed by atoms with van der Waals surface area (Å²) in [7, 11) is 0. The molecular weight excluding hydrogens is 680 g/mol. The molecule has 0 bridgehead atoms. The van der Waals surface area contributed by atoms with Crippen LogP contribution in [0.25, 0.3) is 10.9 Å². The maximum absolute atomic E-state index is 13.1. The monoisotopic (exact) mass is 720 g/mol. The second kappa shape index (κ2) is 16.1. The molecule has 0 aliphatic carbocycles. The van der Waals surface area contributed by atoms with Crippen LogP contribution in [0.1, 0.15) is 51.6 Å². The fourth-order valence-electron chi connectivity index (χ4n) is 6.52. The van der Waals surface area contributed by atoms with Crippen LogP contribution in [0.3, 0.4) is 0 Å². The first-order valence-corrected chi connectivity index (χ1v) is 17.2. The minimum atomic E-state index is -2.31. The fraction of sp³-hybridized carbons (Fsp3) is 0.250. The Bertz CT molecular complexity index is 2160. The third kappa shape index (κ3) is 8.39. The fourth-order valence-corrected chi connectivity index (χ4v) is 6.52. The zero-order valence-electron chi connectivity index (χ0n) is 28.7. The number of H-pyrrole nitrogens is 1. The van der Waals surface area contributed by atoms with Crippen molar-refractivity contribution >= 4 is 28.7 Å². The number of aliphatic carboxylic acids is 1. The second-order valence-corrected chi connectivity index (χ2v) is 13.0. The Morgan fingerprint density at radius 2 is 1.70 bits per heavy atom. The lowest BCUT2D eigenvalue weighted by atomic mass is 9.86. The van der Waals surface area contributed by atoms with E-state index in [2.05, 4.69) is 15.6 Å². The number of ether oxygens (including phenoxy) is 1. The summed E-state index contributed by atoms with van der Waals surface area (Å²) in [4.78, 5) is 54.3. The van der Waals surface area contributed by atoms with Crippen LogP contribution in [0.15, 0.2) is 108 Å². The molecule has 3 atom stereocenters. The van der Waals surface area contributed by atoms with E-state index in [1.165, 1.54) is 36.4 Å². The van der Waals surface area contributed by atoms with Crippen LogP contribution in [-0.4, -0.2) is 80.4 Å². The molecule has 4 aromatic carbocycles. The lowest BCUT2D eigenvalue weighted by Crippen LogP contribution is -2.50. The third-order valence-corrected chi connectivity index (χ3v) is 9.37. The van der Waals surface area contributed by atoms with Crippen molar-refractivity contribution in [2.24, 2.45) is 0 Å². The van der Waals surface area contributed by atoms with E-state index in [4.69, 9.17) is 4.74 Å². The van der Waals surface area contributed by atoms with Crippen molar-refractivity contribution in [3.05, 3.63) is 141 Å². The van der Waals surface area contributed by atoms with E-state index in [0.717, 1.165) is 5.56 Å². The van der Waals surface area contributed by atoms with E-state index in [9.17, 15) is 39.6 Å². The van der Waals surface area contributed by atoms with Crippen LogP contribution in [0, 0.1) is 0 Å². The quantitative estimate of drug-likeness (QED) is 0.0948. The highest BCUT2D eigenvalue weighted by atomic mass is 16.5. The number of carboxylic acids is 1. The molecule has 1 aliphatic rings. The minimum absolute atomic E-state index is 0.0792. The molecule has 5 aromatic rings. The van der Waals surface area contributed by atoms with Gasteiger partial charge in [0, 0.05) is 54.8 Å². The van der Waals surface area contributed by atoms with Gasteiger partial charge in [-0.15, -0.1) is 0 Å². The van der Waals surface area contributed by atoms with Crippen LogP contribution in [0.2, 0.25) is 0 Å². The number of aliphatic hydroxyl groups is 2. The smallest absolute Gasteiger partial charge is 0.345 e. The first-order chi connectivity index (χ1) is 25.5. The Labute approximate surface area is 304 Å². The number of aromatic hydroxyl groups is 1. The number of likely N-dealkylation sites (tertiary alicyclic amines) is 1. The third-order valence-electron chi connectivity index (χ3n) is 9.37. The molecule has 0 spiro atoms. The summed E-state index contributed by atoms with van der Waals surface area (Å²) in [6.45, 7) is 1.13. The van der Waals surface area contributed by atoms with Crippen molar-refractivity contribution < 1.29 is 39.5 Å². The van der Waals surface area contributed by atoms with Gasteiger partial charge in [-0.25, -0.2) is 4.79 Å². The molecule has 1 fully saturated rings. The number of aromatic nitrogens is 1. The van der Waals surface area contributed by atoms with Crippen LogP contribution in [-0.2, 0) is 21.7 Å². The molecule has 53 heavy (non-hydrogen) atoms. The van der Waals surface area contributed by atoms with Gasteiger partial charge in [-0.2, -0.15) is 0 Å². The number of piperidine rings is 1. The number of carboxylic acid groups (broad SMARTS) is 1. The van der Waals surface area contributed by atoms with Crippen LogP contribution in [0.5, 0.6) is 11.5 Å². The van der Waals surface area contributed by atoms with E-state index >= 15 is 0 Å². The predicted molar refractivity (Wildman–Crippen MR) is 195 cm³/mol. The van der Waals surface area contributed by atoms with E-state index in [-0.39, 0.29) is 64.7 Å². The maximum Gasteiger partial charge on any atom is 0.345 e. The highest BCUT2D eigenvalue weighted by Crippen LogP contribution is 2.32. The molecule has 0 radical (unpaired) electrons. The number of aliphatic hydroxyl groups excluding tert-OH is 1. The van der Waals surface area contributed by atoms with Crippen LogP contribution in [0.4, 0.5) is 0 Å². The Hall–Kier alpha value is -6.02. The number of fused-ring (bicyclic) bond motifs is 1. The zero-order valence-corrected chi connectivity index (χ0v) is 28.7. The molecule has 7 N–H and O–H groups in total. The lowest BCUT2D eigenvalue weighted by Gasteiger charge is -2.33. The molecular formula is C40H40N4O9. The number of hydrogen-bond acceptors (Lipinski definition) is 9. The summed E-state index contributed by atoms with van der Waals surface area (Å²) in [6, 6.07) is 26.8. The number of pyridine rings is 1. The molecule has 1 aliphatic heterocycles. The molecule has 1 saturated heterocycles. The van der Waals surface area contributed by atoms with Gasteiger partial charge in [-0.3, -0.25) is 14.4 Å². The average molecular weight is 721 g/mol. The van der Waals surface area contributed by atoms with Gasteiger partial charge >= 0.3 is 5.97 Å². The molecule has 274 valence electrons. The van der Waals surface area contributed by atoms with Gasteiger partial charge < -0.3 is 45.7 Å². The van der Waals surface area contributed by atoms with Crippen molar-refractivity contribution in [1.29, 1.82) is 0 Å². The van der Waals surface area contributed by atoms with Gasteiger partial charge in [0.1, 0.15) is 11.5 Å². The number of benzene rings is 4. The molecule has 2 amide bonds. The van der Waals surface area contributed by atoms with Crippen molar-refractivity contribution in [1.82, 2.24) is 20.5 Å². The summed E-state index contributed by atoms with van der Waals surface area (Å²) >= 11 is 0. The Morgan fingerprint density at radius 3 is 2.45 bits per heavy atom. The SMILES string of the molecule is O=C(N[C@H]1CCCN(C(=O)COc2cccc(C(O)(C(=O)O)c3ccccc3)c2)C1)c1ccc(CNCC(O)c2ccc(O)c3[nH]c(=O)ccc23)cc1. The molecule has 2 heterocycles. The maximum atomic E-state index is 13.1. The second-order valence-electron chi connectivity index (χ2n) is 13.0. The topological polar surface area (TPSA) is 202 Å². The average Bonchev–Trinajstić information content (AvgIpc) is 3.17. The number of carbonyl (C=O) groups is 3. The number of rotatable bonds is 13. The first-order valence-electron chi connectivity index (χ1n) is 17.2. The van der Waals surface area contributed by atoms with Gasteiger partial charge in [0.2, 0.25) is 11.2 Å². The Balaban J connectivity index is 0.981. The normalized spacial score (nSPS) is 16.0. The van der Waals surface area contributed by atoms with Gasteiger partial charge in [0.25, 0.3) is 11.8 Å². The van der Waals surface area contributed by atoms with Crippen molar-refractivity contribution in [3.8, 4) is 11.5 Å². The molecule has 13 nitrogen and oxygen atoms in total. The highest BCUT2D eigenvalue weighted by Gasteiger charge is 2.40. The van der Waals surface area contributed by atoms with E-state index < -0.39 is 17.7 Å².